The molecular weight excluding hydrogens is 296 g/mol. The lowest BCUT2D eigenvalue weighted by atomic mass is 10.1. The number of carbonyl (C=O) groups excluding carboxylic acids is 1. The summed E-state index contributed by atoms with van der Waals surface area (Å²) in [6.45, 7) is 0.0968. The molecule has 1 atom stereocenters. The molecule has 2 N–H and O–H groups in total. The van der Waals surface area contributed by atoms with Crippen molar-refractivity contribution in [3.63, 3.8) is 0 Å². The van der Waals surface area contributed by atoms with Crippen molar-refractivity contribution in [2.45, 2.75) is 38.1 Å². The van der Waals surface area contributed by atoms with Crippen LogP contribution in [-0.4, -0.2) is 38.8 Å². The van der Waals surface area contributed by atoms with E-state index in [1.807, 2.05) is 6.07 Å². The Balaban J connectivity index is 1.50. The summed E-state index contributed by atoms with van der Waals surface area (Å²) in [4.78, 5) is 20.3. The predicted octanol–water partition coefficient (Wildman–Crippen LogP) is 1.34. The van der Waals surface area contributed by atoms with Crippen molar-refractivity contribution in [1.82, 2.24) is 20.4 Å². The molecule has 2 heterocycles. The van der Waals surface area contributed by atoms with Crippen molar-refractivity contribution in [3.8, 4) is 11.4 Å². The molecule has 0 aromatic carbocycles. The van der Waals surface area contributed by atoms with Crippen molar-refractivity contribution in [2.24, 2.45) is 5.92 Å². The van der Waals surface area contributed by atoms with E-state index in [2.05, 4.69) is 20.4 Å². The zero-order chi connectivity index (χ0) is 16.1. The molecule has 0 bridgehead atoms. The first-order valence-corrected chi connectivity index (χ1v) is 7.89. The molecule has 0 spiro atoms. The normalized spacial score (nSPS) is 15.3. The Bertz CT molecular complexity index is 640. The van der Waals surface area contributed by atoms with Crippen LogP contribution in [0.3, 0.4) is 0 Å². The molecule has 1 aliphatic rings. The van der Waals surface area contributed by atoms with Crippen LogP contribution in [0.1, 0.15) is 31.6 Å². The fraction of sp³-hybridized carbons (Fsp3) is 0.500. The largest absolute Gasteiger partial charge is 0.396 e. The number of aliphatic hydroxyl groups excluding tert-OH is 1. The van der Waals surface area contributed by atoms with Crippen LogP contribution in [0.15, 0.2) is 29.0 Å². The van der Waals surface area contributed by atoms with E-state index in [4.69, 9.17) is 9.63 Å². The first-order valence-electron chi connectivity index (χ1n) is 7.89. The maximum Gasteiger partial charge on any atom is 0.227 e. The van der Waals surface area contributed by atoms with Gasteiger partial charge < -0.3 is 14.9 Å². The number of pyridine rings is 1. The highest BCUT2D eigenvalue weighted by Crippen LogP contribution is 2.33. The lowest BCUT2D eigenvalue weighted by Gasteiger charge is -2.16. The molecule has 2 aromatic rings. The monoisotopic (exact) mass is 316 g/mol. The van der Waals surface area contributed by atoms with Crippen molar-refractivity contribution in [1.29, 1.82) is 0 Å². The van der Waals surface area contributed by atoms with Gasteiger partial charge >= 0.3 is 0 Å². The Morgan fingerprint density at radius 1 is 1.48 bits per heavy atom. The summed E-state index contributed by atoms with van der Waals surface area (Å²) in [6.07, 6.45) is 6.90. The van der Waals surface area contributed by atoms with Crippen LogP contribution in [-0.2, 0) is 11.2 Å². The number of rotatable bonds is 8. The molecule has 3 rings (SSSR count). The topological polar surface area (TPSA) is 101 Å². The molecule has 0 radical (unpaired) electrons. The molecular formula is C16H20N4O3. The zero-order valence-corrected chi connectivity index (χ0v) is 12.8. The number of hydrogen-bond donors (Lipinski definition) is 2. The molecule has 1 aliphatic carbocycles. The van der Waals surface area contributed by atoms with E-state index < -0.39 is 0 Å². The highest BCUT2D eigenvalue weighted by molar-refractivity contribution is 5.76. The van der Waals surface area contributed by atoms with Crippen LogP contribution in [0.4, 0.5) is 0 Å². The molecule has 2 aromatic heterocycles. The van der Waals surface area contributed by atoms with Crippen LogP contribution < -0.4 is 5.32 Å². The number of amides is 1. The highest BCUT2D eigenvalue weighted by Gasteiger charge is 2.31. The van der Waals surface area contributed by atoms with Gasteiger partial charge in [-0.25, -0.2) is 0 Å². The van der Waals surface area contributed by atoms with E-state index in [1.54, 1.807) is 18.5 Å². The molecule has 1 saturated carbocycles. The Morgan fingerprint density at radius 2 is 2.35 bits per heavy atom. The van der Waals surface area contributed by atoms with Gasteiger partial charge in [0.1, 0.15) is 0 Å². The van der Waals surface area contributed by atoms with Gasteiger partial charge in [-0.2, -0.15) is 4.98 Å². The third-order valence-electron chi connectivity index (χ3n) is 3.93. The molecule has 1 amide bonds. The van der Waals surface area contributed by atoms with E-state index in [-0.39, 0.29) is 18.6 Å². The van der Waals surface area contributed by atoms with Crippen molar-refractivity contribution >= 4 is 5.91 Å². The maximum absolute atomic E-state index is 12.0. The van der Waals surface area contributed by atoms with E-state index >= 15 is 0 Å². The number of aliphatic hydroxyl groups is 1. The smallest absolute Gasteiger partial charge is 0.227 e. The van der Waals surface area contributed by atoms with Crippen LogP contribution >= 0.6 is 0 Å². The second kappa shape index (κ2) is 7.32. The minimum Gasteiger partial charge on any atom is -0.396 e. The fourth-order valence-electron chi connectivity index (χ4n) is 2.53. The van der Waals surface area contributed by atoms with E-state index in [1.165, 1.54) is 0 Å². The maximum atomic E-state index is 12.0. The number of aromatic nitrogens is 3. The van der Waals surface area contributed by atoms with Crippen LogP contribution in [0.5, 0.6) is 0 Å². The third-order valence-corrected chi connectivity index (χ3v) is 3.93. The second-order valence-corrected chi connectivity index (χ2v) is 5.78. The predicted molar refractivity (Wildman–Crippen MR) is 82.2 cm³/mol. The van der Waals surface area contributed by atoms with Crippen LogP contribution in [0, 0.1) is 5.92 Å². The average Bonchev–Trinajstić information content (AvgIpc) is 3.31. The molecule has 23 heavy (non-hydrogen) atoms. The number of nitrogens with one attached hydrogen (secondary N) is 1. The lowest BCUT2D eigenvalue weighted by molar-refractivity contribution is -0.122. The first kappa shape index (κ1) is 15.6. The van der Waals surface area contributed by atoms with Crippen molar-refractivity contribution in [2.75, 3.05) is 6.61 Å². The number of nitrogens with zero attached hydrogens (tertiary/aromatic N) is 3. The minimum absolute atomic E-state index is 0.0449. The summed E-state index contributed by atoms with van der Waals surface area (Å²) in [6, 6.07) is 3.74. The second-order valence-electron chi connectivity index (χ2n) is 5.78. The molecule has 0 aliphatic heterocycles. The van der Waals surface area contributed by atoms with Gasteiger partial charge in [-0.05, 0) is 37.3 Å². The Kier molecular flexibility index (Phi) is 4.97. The molecule has 7 heteroatoms. The van der Waals surface area contributed by atoms with Gasteiger partial charge in [0.2, 0.25) is 17.6 Å². The molecule has 7 nitrogen and oxygen atoms in total. The SMILES string of the molecule is O=C(CCc1nc(-c2cccnc2)no1)NC(CCO)C1CC1. The summed E-state index contributed by atoms with van der Waals surface area (Å²) in [7, 11) is 0. The van der Waals surface area contributed by atoms with Gasteiger partial charge in [-0.3, -0.25) is 9.78 Å². The molecule has 1 unspecified atom stereocenters. The molecule has 0 saturated heterocycles. The van der Waals surface area contributed by atoms with E-state index in [0.717, 1.165) is 18.4 Å². The van der Waals surface area contributed by atoms with E-state index in [9.17, 15) is 4.79 Å². The molecule has 122 valence electrons. The molecule has 1 fully saturated rings. The summed E-state index contributed by atoms with van der Waals surface area (Å²) >= 11 is 0. The van der Waals surface area contributed by atoms with E-state index in [0.29, 0.717) is 36.9 Å². The fourth-order valence-corrected chi connectivity index (χ4v) is 2.53. The first-order chi connectivity index (χ1) is 11.3. The van der Waals surface area contributed by atoms with Crippen LogP contribution in [0.2, 0.25) is 0 Å². The average molecular weight is 316 g/mol. The quantitative estimate of drug-likeness (QED) is 0.762. The number of hydrogen-bond acceptors (Lipinski definition) is 6. The number of carbonyl (C=O) groups is 1. The summed E-state index contributed by atoms with van der Waals surface area (Å²) < 4.78 is 5.17. The summed E-state index contributed by atoms with van der Waals surface area (Å²) in [5.41, 5.74) is 0.781. The van der Waals surface area contributed by atoms with Gasteiger partial charge in [0.25, 0.3) is 0 Å². The van der Waals surface area contributed by atoms with Gasteiger partial charge in [-0.15, -0.1) is 0 Å². The summed E-state index contributed by atoms with van der Waals surface area (Å²) in [5, 5.41) is 15.9. The highest BCUT2D eigenvalue weighted by atomic mass is 16.5. The van der Waals surface area contributed by atoms with Crippen molar-refractivity contribution in [3.05, 3.63) is 30.4 Å². The Morgan fingerprint density at radius 3 is 3.04 bits per heavy atom. The standard InChI is InChI=1S/C16H20N4O3/c21-9-7-13(11-3-4-11)18-14(22)5-6-15-19-16(20-23-15)12-2-1-8-17-10-12/h1-2,8,10-11,13,21H,3-7,9H2,(H,18,22). The van der Waals surface area contributed by atoms with Gasteiger partial charge in [0, 0.05) is 43.4 Å². The lowest BCUT2D eigenvalue weighted by Crippen LogP contribution is -2.37. The van der Waals surface area contributed by atoms with Gasteiger partial charge in [-0.1, -0.05) is 5.16 Å². The Labute approximate surface area is 134 Å². The summed E-state index contributed by atoms with van der Waals surface area (Å²) in [5.74, 6) is 1.39. The Hall–Kier alpha value is -2.28. The van der Waals surface area contributed by atoms with Crippen molar-refractivity contribution < 1.29 is 14.4 Å². The number of aryl methyl sites for hydroxylation is 1. The van der Waals surface area contributed by atoms with Crippen LogP contribution in [0.25, 0.3) is 11.4 Å². The van der Waals surface area contributed by atoms with Gasteiger partial charge in [0.15, 0.2) is 0 Å². The zero-order valence-electron chi connectivity index (χ0n) is 12.8. The van der Waals surface area contributed by atoms with Gasteiger partial charge in [0.05, 0.1) is 0 Å². The minimum atomic E-state index is -0.0449. The third kappa shape index (κ3) is 4.35.